The van der Waals surface area contributed by atoms with Gasteiger partial charge < -0.3 is 19.7 Å². The van der Waals surface area contributed by atoms with Crippen molar-refractivity contribution in [3.63, 3.8) is 0 Å². The van der Waals surface area contributed by atoms with Crippen LogP contribution in [-0.4, -0.2) is 68.5 Å². The van der Waals surface area contributed by atoms with Gasteiger partial charge in [0.15, 0.2) is 9.84 Å². The van der Waals surface area contributed by atoms with Crippen LogP contribution in [0.25, 0.3) is 0 Å². The van der Waals surface area contributed by atoms with Crippen molar-refractivity contribution < 1.29 is 27.5 Å². The van der Waals surface area contributed by atoms with E-state index in [1.165, 1.54) is 4.90 Å². The number of carbonyl (C=O) groups is 2. The van der Waals surface area contributed by atoms with E-state index in [2.05, 4.69) is 5.32 Å². The average molecular weight is 437 g/mol. The van der Waals surface area contributed by atoms with Gasteiger partial charge in [-0.2, -0.15) is 0 Å². The summed E-state index contributed by atoms with van der Waals surface area (Å²) in [4.78, 5) is 26.5. The minimum Gasteiger partial charge on any atom is -0.487 e. The maximum atomic E-state index is 12.6. The van der Waals surface area contributed by atoms with Crippen LogP contribution in [0.2, 0.25) is 0 Å². The Balaban J connectivity index is 1.36. The highest BCUT2D eigenvalue weighted by atomic mass is 32.2. The van der Waals surface area contributed by atoms with Gasteiger partial charge >= 0.3 is 0 Å². The SMILES string of the molecule is O=C(CCC(=O)N1CCS(=O)(=O)CC1)NC1CC2(CCOCC2)Oc2ccccc21. The summed E-state index contributed by atoms with van der Waals surface area (Å²) < 4.78 is 34.8. The molecule has 1 aromatic carbocycles. The minimum absolute atomic E-state index is 0.00437. The summed E-state index contributed by atoms with van der Waals surface area (Å²) in [5, 5.41) is 3.09. The number of fused-ring (bicyclic) bond motifs is 1. The van der Waals surface area contributed by atoms with Crippen molar-refractivity contribution in [1.29, 1.82) is 0 Å². The number of rotatable bonds is 4. The number of carbonyl (C=O) groups excluding carboxylic acids is 2. The average Bonchev–Trinajstić information content (AvgIpc) is 2.72. The van der Waals surface area contributed by atoms with E-state index in [0.717, 1.165) is 24.2 Å². The first-order valence-electron chi connectivity index (χ1n) is 10.5. The maximum absolute atomic E-state index is 12.6. The van der Waals surface area contributed by atoms with Gasteiger partial charge in [-0.3, -0.25) is 9.59 Å². The number of nitrogens with one attached hydrogen (secondary N) is 1. The van der Waals surface area contributed by atoms with Crippen molar-refractivity contribution >= 4 is 21.7 Å². The summed E-state index contributed by atoms with van der Waals surface area (Å²) in [5.74, 6) is 0.428. The highest BCUT2D eigenvalue weighted by Crippen LogP contribution is 2.43. The third-order valence-electron chi connectivity index (χ3n) is 6.20. The molecule has 0 radical (unpaired) electrons. The second-order valence-corrected chi connectivity index (χ2v) is 10.6. The van der Waals surface area contributed by atoms with E-state index in [-0.39, 0.29) is 60.9 Å². The number of hydrogen-bond acceptors (Lipinski definition) is 6. The molecule has 1 unspecified atom stereocenters. The molecular weight excluding hydrogens is 408 g/mol. The Kier molecular flexibility index (Phi) is 6.02. The highest BCUT2D eigenvalue weighted by molar-refractivity contribution is 7.91. The maximum Gasteiger partial charge on any atom is 0.223 e. The fourth-order valence-electron chi connectivity index (χ4n) is 4.40. The molecule has 9 heteroatoms. The van der Waals surface area contributed by atoms with Gasteiger partial charge in [-0.15, -0.1) is 0 Å². The molecular formula is C21H28N2O6S. The van der Waals surface area contributed by atoms with Gasteiger partial charge in [0.05, 0.1) is 30.8 Å². The fourth-order valence-corrected chi connectivity index (χ4v) is 5.60. The molecule has 1 spiro atoms. The number of hydrogen-bond donors (Lipinski definition) is 1. The summed E-state index contributed by atoms with van der Waals surface area (Å²) in [6.45, 7) is 1.70. The smallest absolute Gasteiger partial charge is 0.223 e. The van der Waals surface area contributed by atoms with Crippen molar-refractivity contribution in [3.8, 4) is 5.75 Å². The molecule has 8 nitrogen and oxygen atoms in total. The van der Waals surface area contributed by atoms with Gasteiger partial charge in [-0.1, -0.05) is 18.2 Å². The van der Waals surface area contributed by atoms with E-state index < -0.39 is 9.84 Å². The lowest BCUT2D eigenvalue weighted by Gasteiger charge is -2.44. The van der Waals surface area contributed by atoms with Gasteiger partial charge in [0.2, 0.25) is 11.8 Å². The Hall–Kier alpha value is -2.13. The topological polar surface area (TPSA) is 102 Å². The lowest BCUT2D eigenvalue weighted by molar-refractivity contribution is -0.133. The first-order chi connectivity index (χ1) is 14.4. The molecule has 2 fully saturated rings. The lowest BCUT2D eigenvalue weighted by Crippen LogP contribution is -2.48. The summed E-state index contributed by atoms with van der Waals surface area (Å²) in [7, 11) is -3.04. The summed E-state index contributed by atoms with van der Waals surface area (Å²) >= 11 is 0. The van der Waals surface area contributed by atoms with Crippen LogP contribution in [0.3, 0.4) is 0 Å². The lowest BCUT2D eigenvalue weighted by atomic mass is 9.82. The molecule has 3 heterocycles. The molecule has 4 rings (SSSR count). The molecule has 1 atom stereocenters. The minimum atomic E-state index is -3.04. The van der Waals surface area contributed by atoms with Crippen LogP contribution in [0, 0.1) is 0 Å². The van der Waals surface area contributed by atoms with Crippen LogP contribution < -0.4 is 10.1 Å². The van der Waals surface area contributed by atoms with E-state index in [1.807, 2.05) is 24.3 Å². The Morgan fingerprint density at radius 1 is 1.10 bits per heavy atom. The Labute approximate surface area is 176 Å². The van der Waals surface area contributed by atoms with Crippen molar-refractivity contribution in [1.82, 2.24) is 10.2 Å². The molecule has 0 aliphatic carbocycles. The first-order valence-corrected chi connectivity index (χ1v) is 12.3. The zero-order valence-corrected chi connectivity index (χ0v) is 17.8. The van der Waals surface area contributed by atoms with E-state index in [1.54, 1.807) is 0 Å². The second-order valence-electron chi connectivity index (χ2n) is 8.29. The van der Waals surface area contributed by atoms with E-state index in [4.69, 9.17) is 9.47 Å². The van der Waals surface area contributed by atoms with Crippen LogP contribution >= 0.6 is 0 Å². The van der Waals surface area contributed by atoms with E-state index in [0.29, 0.717) is 19.6 Å². The van der Waals surface area contributed by atoms with Gasteiger partial charge in [-0.25, -0.2) is 8.42 Å². The molecule has 1 N–H and O–H groups in total. The highest BCUT2D eigenvalue weighted by Gasteiger charge is 2.42. The molecule has 164 valence electrons. The van der Waals surface area contributed by atoms with Crippen molar-refractivity contribution in [2.75, 3.05) is 37.8 Å². The number of amides is 2. The van der Waals surface area contributed by atoms with E-state index in [9.17, 15) is 18.0 Å². The van der Waals surface area contributed by atoms with Crippen molar-refractivity contribution in [2.45, 2.75) is 43.7 Å². The predicted molar refractivity (Wildman–Crippen MR) is 110 cm³/mol. The van der Waals surface area contributed by atoms with Crippen LogP contribution in [0.5, 0.6) is 5.75 Å². The zero-order chi connectivity index (χ0) is 21.2. The molecule has 0 saturated carbocycles. The third kappa shape index (κ3) is 4.78. The van der Waals surface area contributed by atoms with Gasteiger partial charge in [0.1, 0.15) is 11.4 Å². The first kappa shape index (κ1) is 21.1. The van der Waals surface area contributed by atoms with Crippen LogP contribution in [-0.2, 0) is 24.2 Å². The number of para-hydroxylation sites is 1. The van der Waals surface area contributed by atoms with Crippen LogP contribution in [0.15, 0.2) is 24.3 Å². The molecule has 3 aliphatic heterocycles. The largest absolute Gasteiger partial charge is 0.487 e. The number of sulfone groups is 1. The quantitative estimate of drug-likeness (QED) is 0.761. The monoisotopic (exact) mass is 436 g/mol. The number of benzene rings is 1. The fraction of sp³-hybridized carbons (Fsp3) is 0.619. The van der Waals surface area contributed by atoms with E-state index >= 15 is 0 Å². The van der Waals surface area contributed by atoms with Crippen LogP contribution in [0.1, 0.15) is 43.7 Å². The van der Waals surface area contributed by atoms with Gasteiger partial charge in [0.25, 0.3) is 0 Å². The Morgan fingerprint density at radius 3 is 2.53 bits per heavy atom. The number of nitrogens with zero attached hydrogens (tertiary/aromatic N) is 1. The molecule has 3 aliphatic rings. The molecule has 0 aromatic heterocycles. The zero-order valence-electron chi connectivity index (χ0n) is 17.0. The van der Waals surface area contributed by atoms with Gasteiger partial charge in [0, 0.05) is 50.8 Å². The number of ether oxygens (including phenoxy) is 2. The Bertz CT molecular complexity index is 896. The molecule has 30 heavy (non-hydrogen) atoms. The molecule has 2 saturated heterocycles. The van der Waals surface area contributed by atoms with Gasteiger partial charge in [-0.05, 0) is 6.07 Å². The Morgan fingerprint density at radius 2 is 1.80 bits per heavy atom. The summed E-state index contributed by atoms with van der Waals surface area (Å²) in [6.07, 6.45) is 2.40. The van der Waals surface area contributed by atoms with Crippen molar-refractivity contribution in [2.24, 2.45) is 0 Å². The summed E-state index contributed by atoms with van der Waals surface area (Å²) in [6, 6.07) is 7.57. The van der Waals surface area contributed by atoms with Crippen molar-refractivity contribution in [3.05, 3.63) is 29.8 Å². The second kappa shape index (κ2) is 8.55. The predicted octanol–water partition coefficient (Wildman–Crippen LogP) is 1.21. The molecule has 1 aromatic rings. The summed E-state index contributed by atoms with van der Waals surface area (Å²) in [5.41, 5.74) is 0.621. The normalized spacial score (nSPS) is 24.5. The standard InChI is InChI=1S/C21H28N2O6S/c24-19(5-6-20(25)23-9-13-30(26,27)14-10-23)22-17-15-21(7-11-28-12-8-21)29-18-4-2-1-3-16(17)18/h1-4,17H,5-15H2,(H,22,24). The molecule has 2 amide bonds. The third-order valence-corrected chi connectivity index (χ3v) is 7.81. The molecule has 0 bridgehead atoms. The van der Waals surface area contributed by atoms with Crippen LogP contribution in [0.4, 0.5) is 0 Å².